The number of amides is 2. The predicted octanol–water partition coefficient (Wildman–Crippen LogP) is 3.89. The van der Waals surface area contributed by atoms with Crippen LogP contribution < -0.4 is 5.32 Å². The van der Waals surface area contributed by atoms with E-state index in [4.69, 9.17) is 4.98 Å². The molecule has 5 rings (SSSR count). The van der Waals surface area contributed by atoms with Crippen molar-refractivity contribution in [1.82, 2.24) is 29.4 Å². The van der Waals surface area contributed by atoms with Gasteiger partial charge in [0.05, 0.1) is 10.7 Å². The number of nitrogens with zero attached hydrogens (tertiary/aromatic N) is 6. The van der Waals surface area contributed by atoms with Crippen LogP contribution in [0.4, 0.5) is 10.6 Å². The van der Waals surface area contributed by atoms with Crippen LogP contribution in [0.2, 0.25) is 0 Å². The number of anilines is 1. The zero-order valence-electron chi connectivity index (χ0n) is 17.4. The molecule has 5 heterocycles. The number of pyridine rings is 1. The maximum atomic E-state index is 12.7. The van der Waals surface area contributed by atoms with Gasteiger partial charge in [0.15, 0.2) is 5.65 Å². The summed E-state index contributed by atoms with van der Waals surface area (Å²) in [6.07, 6.45) is 9.52. The van der Waals surface area contributed by atoms with Gasteiger partial charge in [-0.15, -0.1) is 0 Å². The number of hydrogen-bond donors (Lipinski definition) is 1. The Morgan fingerprint density at radius 3 is 2.65 bits per heavy atom. The van der Waals surface area contributed by atoms with E-state index in [0.717, 1.165) is 79.1 Å². The minimum absolute atomic E-state index is 0.205. The molecule has 2 amide bonds. The quantitative estimate of drug-likeness (QED) is 0.608. The van der Waals surface area contributed by atoms with Gasteiger partial charge in [0.1, 0.15) is 5.82 Å². The molecule has 0 aliphatic carbocycles. The highest BCUT2D eigenvalue weighted by atomic mass is 79.9. The van der Waals surface area contributed by atoms with E-state index in [1.54, 1.807) is 12.4 Å². The van der Waals surface area contributed by atoms with Crippen LogP contribution in [-0.2, 0) is 6.54 Å². The fourth-order valence-corrected chi connectivity index (χ4v) is 4.81. The molecule has 1 N–H and O–H groups in total. The fraction of sp³-hybridized carbons (Fsp3) is 0.455. The second-order valence-corrected chi connectivity index (χ2v) is 9.10. The molecule has 3 aromatic rings. The van der Waals surface area contributed by atoms with Gasteiger partial charge in [-0.25, -0.2) is 9.78 Å². The van der Waals surface area contributed by atoms with Crippen molar-refractivity contribution >= 4 is 33.4 Å². The monoisotopic (exact) mass is 483 g/mol. The van der Waals surface area contributed by atoms with Gasteiger partial charge in [-0.2, -0.15) is 9.61 Å². The Kier molecular flexibility index (Phi) is 5.76. The standard InChI is InChI=1S/C22H26BrN7O/c23-18-15-26-30-20(25-14-16-4-3-7-24-13-16)12-19(27-21(18)30)17-5-10-29(11-6-17)22(31)28-8-1-2-9-28/h3-4,7,12-13,15,17,25H,1-2,5-6,8-11,14H2. The molecule has 31 heavy (non-hydrogen) atoms. The lowest BCUT2D eigenvalue weighted by Crippen LogP contribution is -2.45. The molecule has 2 aliphatic heterocycles. The number of halogens is 1. The van der Waals surface area contributed by atoms with Gasteiger partial charge in [-0.1, -0.05) is 6.07 Å². The molecular weight excluding hydrogens is 458 g/mol. The highest BCUT2D eigenvalue weighted by Gasteiger charge is 2.29. The van der Waals surface area contributed by atoms with Crippen molar-refractivity contribution in [3.05, 3.63) is 52.5 Å². The summed E-state index contributed by atoms with van der Waals surface area (Å²) in [6.45, 7) is 4.03. The van der Waals surface area contributed by atoms with Crippen LogP contribution in [0, 0.1) is 0 Å². The van der Waals surface area contributed by atoms with Crippen LogP contribution >= 0.6 is 15.9 Å². The Bertz CT molecular complexity index is 1060. The molecule has 0 unspecified atom stereocenters. The number of likely N-dealkylation sites (tertiary alicyclic amines) is 2. The normalized spacial score (nSPS) is 17.5. The second kappa shape index (κ2) is 8.82. The molecule has 3 aromatic heterocycles. The predicted molar refractivity (Wildman–Crippen MR) is 122 cm³/mol. The molecule has 0 radical (unpaired) electrons. The van der Waals surface area contributed by atoms with Crippen molar-refractivity contribution in [2.24, 2.45) is 0 Å². The Hall–Kier alpha value is -2.68. The molecule has 2 fully saturated rings. The van der Waals surface area contributed by atoms with Gasteiger partial charge in [-0.05, 0) is 53.2 Å². The zero-order valence-corrected chi connectivity index (χ0v) is 19.0. The number of fused-ring (bicyclic) bond motifs is 1. The number of nitrogens with one attached hydrogen (secondary N) is 1. The summed E-state index contributed by atoms with van der Waals surface area (Å²) in [5.74, 6) is 1.23. The second-order valence-electron chi connectivity index (χ2n) is 8.25. The summed E-state index contributed by atoms with van der Waals surface area (Å²) in [6, 6.07) is 6.29. The van der Waals surface area contributed by atoms with Crippen LogP contribution in [0.5, 0.6) is 0 Å². The molecule has 0 saturated carbocycles. The molecule has 0 bridgehead atoms. The molecule has 0 atom stereocenters. The average molecular weight is 484 g/mol. The summed E-state index contributed by atoms with van der Waals surface area (Å²) < 4.78 is 2.70. The van der Waals surface area contributed by atoms with Crippen molar-refractivity contribution in [1.29, 1.82) is 0 Å². The highest BCUT2D eigenvalue weighted by molar-refractivity contribution is 9.10. The van der Waals surface area contributed by atoms with Crippen LogP contribution in [0.15, 0.2) is 41.3 Å². The first-order valence-corrected chi connectivity index (χ1v) is 11.7. The topological polar surface area (TPSA) is 78.7 Å². The van der Waals surface area contributed by atoms with E-state index in [1.165, 1.54) is 0 Å². The van der Waals surface area contributed by atoms with E-state index >= 15 is 0 Å². The molecule has 8 nitrogen and oxygen atoms in total. The molecule has 2 saturated heterocycles. The minimum atomic E-state index is 0.205. The number of urea groups is 1. The Labute approximate surface area is 189 Å². The number of rotatable bonds is 4. The fourth-order valence-electron chi connectivity index (χ4n) is 4.46. The van der Waals surface area contributed by atoms with Crippen molar-refractivity contribution in [2.75, 3.05) is 31.5 Å². The van der Waals surface area contributed by atoms with Gasteiger partial charge in [0.2, 0.25) is 0 Å². The average Bonchev–Trinajstić information content (AvgIpc) is 3.48. The van der Waals surface area contributed by atoms with Crippen molar-refractivity contribution in [2.45, 2.75) is 38.1 Å². The Morgan fingerprint density at radius 2 is 1.90 bits per heavy atom. The van der Waals surface area contributed by atoms with E-state index in [0.29, 0.717) is 12.5 Å². The van der Waals surface area contributed by atoms with E-state index in [9.17, 15) is 4.79 Å². The summed E-state index contributed by atoms with van der Waals surface area (Å²) >= 11 is 3.58. The van der Waals surface area contributed by atoms with Crippen LogP contribution in [-0.4, -0.2) is 61.6 Å². The third-order valence-electron chi connectivity index (χ3n) is 6.21. The third-order valence-corrected chi connectivity index (χ3v) is 6.76. The third kappa shape index (κ3) is 4.23. The van der Waals surface area contributed by atoms with E-state index < -0.39 is 0 Å². The SMILES string of the molecule is O=C(N1CCCC1)N1CCC(c2cc(NCc3cccnc3)n3ncc(Br)c3n2)CC1. The lowest BCUT2D eigenvalue weighted by molar-refractivity contribution is 0.148. The maximum absolute atomic E-state index is 12.7. The number of carbonyl (C=O) groups excluding carboxylic acids is 1. The highest BCUT2D eigenvalue weighted by Crippen LogP contribution is 2.31. The van der Waals surface area contributed by atoms with Crippen LogP contribution in [0.3, 0.4) is 0 Å². The molecule has 162 valence electrons. The van der Waals surface area contributed by atoms with Gasteiger partial charge in [0, 0.05) is 62.8 Å². The Balaban J connectivity index is 1.32. The van der Waals surface area contributed by atoms with Gasteiger partial charge < -0.3 is 15.1 Å². The molecule has 2 aliphatic rings. The minimum Gasteiger partial charge on any atom is -0.366 e. The zero-order chi connectivity index (χ0) is 21.2. The molecular formula is C22H26BrN7O. The summed E-state index contributed by atoms with van der Waals surface area (Å²) in [5, 5.41) is 7.96. The molecule has 0 aromatic carbocycles. The van der Waals surface area contributed by atoms with Gasteiger partial charge in [-0.3, -0.25) is 4.98 Å². The van der Waals surface area contributed by atoms with Crippen LogP contribution in [0.25, 0.3) is 5.65 Å². The lowest BCUT2D eigenvalue weighted by Gasteiger charge is -2.34. The van der Waals surface area contributed by atoms with E-state index in [2.05, 4.69) is 37.4 Å². The number of carbonyl (C=O) groups is 1. The van der Waals surface area contributed by atoms with Crippen molar-refractivity contribution in [3.8, 4) is 0 Å². The van der Waals surface area contributed by atoms with Gasteiger partial charge in [0.25, 0.3) is 0 Å². The van der Waals surface area contributed by atoms with E-state index in [-0.39, 0.29) is 6.03 Å². The largest absolute Gasteiger partial charge is 0.366 e. The summed E-state index contributed by atoms with van der Waals surface area (Å²) in [7, 11) is 0. The van der Waals surface area contributed by atoms with Crippen molar-refractivity contribution in [3.63, 3.8) is 0 Å². The van der Waals surface area contributed by atoms with Crippen LogP contribution in [0.1, 0.15) is 42.9 Å². The smallest absolute Gasteiger partial charge is 0.319 e. The first kappa shape index (κ1) is 20.2. The lowest BCUT2D eigenvalue weighted by atomic mass is 9.93. The number of aromatic nitrogens is 4. The van der Waals surface area contributed by atoms with Gasteiger partial charge >= 0.3 is 6.03 Å². The van der Waals surface area contributed by atoms with Crippen molar-refractivity contribution < 1.29 is 4.79 Å². The first-order chi connectivity index (χ1) is 15.2. The summed E-state index contributed by atoms with van der Waals surface area (Å²) in [5.41, 5.74) is 2.96. The molecule has 0 spiro atoms. The molecule has 9 heteroatoms. The van der Waals surface area contributed by atoms with E-state index in [1.807, 2.05) is 32.6 Å². The number of hydrogen-bond acceptors (Lipinski definition) is 5. The maximum Gasteiger partial charge on any atom is 0.319 e. The Morgan fingerprint density at radius 1 is 1.13 bits per heavy atom. The first-order valence-electron chi connectivity index (χ1n) is 10.9. The number of piperidine rings is 1. The summed E-state index contributed by atoms with van der Waals surface area (Å²) in [4.78, 5) is 25.8.